The molecule has 0 saturated carbocycles. The molecule has 1 aromatic carbocycles. The van der Waals surface area contributed by atoms with E-state index in [-0.39, 0.29) is 39.7 Å². The summed E-state index contributed by atoms with van der Waals surface area (Å²) in [6.45, 7) is -1.17. The Hall–Kier alpha value is -3.67. The largest absolute Gasteiger partial charge is 0.405 e. The van der Waals surface area contributed by atoms with Crippen LogP contribution in [0.25, 0.3) is 11.1 Å². The molecule has 0 unspecified atom stereocenters. The van der Waals surface area contributed by atoms with Gasteiger partial charge in [-0.25, -0.2) is 19.3 Å². The second-order valence-corrected chi connectivity index (χ2v) is 9.53. The predicted octanol–water partition coefficient (Wildman–Crippen LogP) is 4.92. The molecular formula is C24H21ClF4N6O2. The summed E-state index contributed by atoms with van der Waals surface area (Å²) in [5, 5.41) is 9.25. The van der Waals surface area contributed by atoms with Crippen LogP contribution < -0.4 is 15.8 Å². The molecule has 13 heteroatoms. The summed E-state index contributed by atoms with van der Waals surface area (Å²) in [6, 6.07) is 5.82. The van der Waals surface area contributed by atoms with E-state index in [2.05, 4.69) is 20.5 Å². The van der Waals surface area contributed by atoms with E-state index in [0.29, 0.717) is 24.1 Å². The molecule has 2 bridgehead atoms. The van der Waals surface area contributed by atoms with Crippen LogP contribution in [0.3, 0.4) is 0 Å². The number of carbonyl (C=O) groups is 1. The second kappa shape index (κ2) is 9.33. The number of nitrogens with zero attached hydrogens (tertiary/aromatic N) is 4. The highest BCUT2D eigenvalue weighted by Crippen LogP contribution is 2.43. The van der Waals surface area contributed by atoms with E-state index in [1.54, 1.807) is 4.90 Å². The Morgan fingerprint density at radius 2 is 2.05 bits per heavy atom. The summed E-state index contributed by atoms with van der Waals surface area (Å²) in [5.74, 6) is -0.643. The van der Waals surface area contributed by atoms with E-state index in [9.17, 15) is 22.8 Å². The third kappa shape index (κ3) is 4.97. The third-order valence-electron chi connectivity index (χ3n) is 6.59. The van der Waals surface area contributed by atoms with Crippen LogP contribution in [0.1, 0.15) is 30.1 Å². The molecule has 8 nitrogen and oxygen atoms in total. The number of nitrogens with one attached hydrogen (secondary N) is 2. The van der Waals surface area contributed by atoms with Crippen LogP contribution in [-0.4, -0.2) is 51.9 Å². The molecule has 37 heavy (non-hydrogen) atoms. The molecule has 2 amide bonds. The highest BCUT2D eigenvalue weighted by molar-refractivity contribution is 6.33. The molecule has 0 spiro atoms. The van der Waals surface area contributed by atoms with Crippen LogP contribution >= 0.6 is 11.6 Å². The molecule has 0 radical (unpaired) electrons. The summed E-state index contributed by atoms with van der Waals surface area (Å²) >= 11 is 6.38. The van der Waals surface area contributed by atoms with Crippen molar-refractivity contribution >= 4 is 29.1 Å². The first-order valence-electron chi connectivity index (χ1n) is 11.4. The van der Waals surface area contributed by atoms with Gasteiger partial charge in [0.25, 0.3) is 5.56 Å². The molecule has 3 aromatic rings. The van der Waals surface area contributed by atoms with Crippen molar-refractivity contribution in [1.29, 1.82) is 0 Å². The van der Waals surface area contributed by atoms with Crippen LogP contribution in [0, 0.1) is 5.82 Å². The van der Waals surface area contributed by atoms with Gasteiger partial charge in [0.1, 0.15) is 18.2 Å². The number of halogens is 5. The minimum absolute atomic E-state index is 0.0952. The zero-order chi connectivity index (χ0) is 26.5. The number of hydrogen-bond donors (Lipinski definition) is 2. The SMILES string of the molecule is CN(CC(F)(F)F)c1ccc(-c2cc(F)c(NC(=O)N3[C@H]4CC[C@@H]3c3n[nH]c(=O)cc3C4)cc2Cl)cn1. The zero-order valence-corrected chi connectivity index (χ0v) is 20.2. The molecule has 2 aliphatic heterocycles. The van der Waals surface area contributed by atoms with Gasteiger partial charge in [0.2, 0.25) is 0 Å². The number of aromatic nitrogens is 3. The van der Waals surface area contributed by atoms with Gasteiger partial charge in [0.15, 0.2) is 0 Å². The van der Waals surface area contributed by atoms with E-state index in [1.807, 2.05) is 0 Å². The molecule has 2 N–H and O–H groups in total. The van der Waals surface area contributed by atoms with Gasteiger partial charge in [-0.2, -0.15) is 18.3 Å². The number of benzene rings is 1. The Labute approximate surface area is 213 Å². The minimum Gasteiger partial charge on any atom is -0.351 e. The molecule has 1 fully saturated rings. The Kier molecular flexibility index (Phi) is 6.30. The Bertz CT molecular complexity index is 1410. The van der Waals surface area contributed by atoms with E-state index >= 15 is 4.39 Å². The van der Waals surface area contributed by atoms with Crippen LogP contribution in [0.4, 0.5) is 33.9 Å². The van der Waals surface area contributed by atoms with Gasteiger partial charge < -0.3 is 15.1 Å². The summed E-state index contributed by atoms with van der Waals surface area (Å²) in [4.78, 5) is 31.3. The average molecular weight is 537 g/mol. The molecule has 194 valence electrons. The molecule has 2 atom stereocenters. The Balaban J connectivity index is 1.33. The fourth-order valence-electron chi connectivity index (χ4n) is 4.98. The van der Waals surface area contributed by atoms with Crippen LogP contribution in [0.15, 0.2) is 41.3 Å². The smallest absolute Gasteiger partial charge is 0.351 e. The Morgan fingerprint density at radius 1 is 1.27 bits per heavy atom. The standard InChI is InChI=1S/C24H21ClF4N6O2/c1-34(11-24(27,28)29)20-5-2-12(10-30-20)15-8-17(26)18(9-16(15)25)31-23(37)35-14-3-4-19(35)22-13(6-14)7-21(36)32-33-22/h2,5,7-10,14,19H,3-4,6,11H2,1H3,(H,31,37)(H,32,36)/t14-,19+/m0/s1. The minimum atomic E-state index is -4.38. The van der Waals surface area contributed by atoms with Gasteiger partial charge in [0.05, 0.1) is 22.4 Å². The number of amides is 2. The average Bonchev–Trinajstić information content (AvgIpc) is 3.15. The number of hydrogen-bond acceptors (Lipinski definition) is 5. The molecule has 0 aliphatic carbocycles. The molecule has 2 aromatic heterocycles. The van der Waals surface area contributed by atoms with Crippen LogP contribution in [-0.2, 0) is 6.42 Å². The zero-order valence-electron chi connectivity index (χ0n) is 19.4. The number of fused-ring (bicyclic) bond motifs is 4. The molecule has 1 saturated heterocycles. The highest BCUT2D eigenvalue weighted by Gasteiger charge is 2.44. The van der Waals surface area contributed by atoms with Crippen LogP contribution in [0.5, 0.6) is 0 Å². The third-order valence-corrected chi connectivity index (χ3v) is 6.91. The summed E-state index contributed by atoms with van der Waals surface area (Å²) in [6.07, 6.45) is -1.19. The lowest BCUT2D eigenvalue weighted by molar-refractivity contribution is -0.119. The molecule has 5 rings (SSSR count). The first-order chi connectivity index (χ1) is 17.5. The number of pyridine rings is 1. The molecule has 2 aliphatic rings. The maximum atomic E-state index is 15.0. The number of alkyl halides is 3. The Morgan fingerprint density at radius 3 is 2.76 bits per heavy atom. The van der Waals surface area contributed by atoms with Crippen molar-refractivity contribution in [3.8, 4) is 11.1 Å². The number of anilines is 2. The summed E-state index contributed by atoms with van der Waals surface area (Å²) in [7, 11) is 1.27. The summed E-state index contributed by atoms with van der Waals surface area (Å²) in [5.41, 5.74) is 1.70. The van der Waals surface area contributed by atoms with Crippen LogP contribution in [0.2, 0.25) is 5.02 Å². The number of H-pyrrole nitrogens is 1. The van der Waals surface area contributed by atoms with Crippen molar-refractivity contribution < 1.29 is 22.4 Å². The van der Waals surface area contributed by atoms with Crippen molar-refractivity contribution in [2.24, 2.45) is 0 Å². The summed E-state index contributed by atoms with van der Waals surface area (Å²) < 4.78 is 52.9. The lowest BCUT2D eigenvalue weighted by atomic mass is 9.99. The van der Waals surface area contributed by atoms with Gasteiger partial charge >= 0.3 is 12.2 Å². The van der Waals surface area contributed by atoms with E-state index in [1.165, 1.54) is 37.5 Å². The van der Waals surface area contributed by atoms with E-state index < -0.39 is 24.6 Å². The number of aromatic amines is 1. The fraction of sp³-hybridized carbons (Fsp3) is 0.333. The quantitative estimate of drug-likeness (QED) is 0.462. The normalized spacial score (nSPS) is 18.5. The van der Waals surface area contributed by atoms with Crippen molar-refractivity contribution in [2.45, 2.75) is 37.5 Å². The van der Waals surface area contributed by atoms with Crippen molar-refractivity contribution in [2.75, 3.05) is 23.8 Å². The number of carbonyl (C=O) groups excluding carboxylic acids is 1. The molecule has 4 heterocycles. The van der Waals surface area contributed by atoms with Gasteiger partial charge in [-0.05, 0) is 49.1 Å². The fourth-order valence-corrected chi connectivity index (χ4v) is 5.25. The van der Waals surface area contributed by atoms with Gasteiger partial charge in [0, 0.05) is 36.5 Å². The maximum absolute atomic E-state index is 15.0. The predicted molar refractivity (Wildman–Crippen MR) is 129 cm³/mol. The van der Waals surface area contributed by atoms with Gasteiger partial charge in [-0.15, -0.1) is 0 Å². The lowest BCUT2D eigenvalue weighted by Gasteiger charge is -2.35. The lowest BCUT2D eigenvalue weighted by Crippen LogP contribution is -2.45. The van der Waals surface area contributed by atoms with Crippen molar-refractivity contribution in [1.82, 2.24) is 20.1 Å². The second-order valence-electron chi connectivity index (χ2n) is 9.12. The van der Waals surface area contributed by atoms with Crippen molar-refractivity contribution in [3.63, 3.8) is 0 Å². The van der Waals surface area contributed by atoms with Gasteiger partial charge in [-0.3, -0.25) is 4.79 Å². The maximum Gasteiger partial charge on any atom is 0.405 e. The van der Waals surface area contributed by atoms with E-state index in [4.69, 9.17) is 11.6 Å². The van der Waals surface area contributed by atoms with E-state index in [0.717, 1.165) is 23.0 Å². The highest BCUT2D eigenvalue weighted by atomic mass is 35.5. The monoisotopic (exact) mass is 536 g/mol. The number of urea groups is 1. The first-order valence-corrected chi connectivity index (χ1v) is 11.8. The first kappa shape index (κ1) is 25.0. The van der Waals surface area contributed by atoms with Gasteiger partial charge in [-0.1, -0.05) is 11.6 Å². The molecular weight excluding hydrogens is 516 g/mol. The van der Waals surface area contributed by atoms with Crippen molar-refractivity contribution in [3.05, 3.63) is 69.0 Å². The topological polar surface area (TPSA) is 94.2 Å². The number of rotatable bonds is 4.